The van der Waals surface area contributed by atoms with Crippen molar-refractivity contribution in [3.05, 3.63) is 17.2 Å². The quantitative estimate of drug-likeness (QED) is 0.659. The maximum absolute atomic E-state index is 12.2. The molecule has 2 N–H and O–H groups in total. The zero-order valence-corrected chi connectivity index (χ0v) is 14.4. The molecule has 0 spiro atoms. The zero-order chi connectivity index (χ0) is 17.3. The zero-order valence-electron chi connectivity index (χ0n) is 14.4. The number of aromatic nitrogens is 2. The lowest BCUT2D eigenvalue weighted by atomic mass is 9.85. The molecule has 1 heterocycles. The van der Waals surface area contributed by atoms with Crippen LogP contribution in [0.3, 0.4) is 0 Å². The van der Waals surface area contributed by atoms with E-state index in [1.54, 1.807) is 0 Å². The molecule has 1 rings (SSSR count). The van der Waals surface area contributed by atoms with Gasteiger partial charge in [0.15, 0.2) is 11.6 Å². The first-order valence-corrected chi connectivity index (χ1v) is 7.23. The lowest BCUT2D eigenvalue weighted by Gasteiger charge is -2.25. The van der Waals surface area contributed by atoms with Crippen LogP contribution in [0, 0.1) is 0 Å². The van der Waals surface area contributed by atoms with Crippen LogP contribution in [-0.4, -0.2) is 33.8 Å². The molecule has 0 saturated carbocycles. The van der Waals surface area contributed by atoms with Crippen molar-refractivity contribution in [2.75, 3.05) is 7.05 Å². The summed E-state index contributed by atoms with van der Waals surface area (Å²) in [6.45, 7) is 11.4. The number of carbonyl (C=O) groups is 2. The Hall–Kier alpha value is -1.98. The number of hydrogen-bond donors (Lipinski definition) is 2. The van der Waals surface area contributed by atoms with Gasteiger partial charge in [-0.2, -0.15) is 0 Å². The summed E-state index contributed by atoms with van der Waals surface area (Å²) >= 11 is 0. The van der Waals surface area contributed by atoms with Crippen molar-refractivity contribution in [3.8, 4) is 5.75 Å². The van der Waals surface area contributed by atoms with Gasteiger partial charge in [0.1, 0.15) is 0 Å². The summed E-state index contributed by atoms with van der Waals surface area (Å²) in [5.74, 6) is -0.876. The number of amides is 1. The number of ketones is 1. The average molecular weight is 307 g/mol. The molecular weight excluding hydrogens is 282 g/mol. The lowest BCUT2D eigenvalue weighted by Crippen LogP contribution is -2.26. The summed E-state index contributed by atoms with van der Waals surface area (Å²) in [7, 11) is 1.47. The molecule has 122 valence electrons. The van der Waals surface area contributed by atoms with Crippen molar-refractivity contribution in [2.45, 2.75) is 58.8 Å². The molecule has 6 nitrogen and oxygen atoms in total. The molecule has 0 bridgehead atoms. The van der Waals surface area contributed by atoms with Gasteiger partial charge >= 0.3 is 0 Å². The van der Waals surface area contributed by atoms with E-state index >= 15 is 0 Å². The van der Waals surface area contributed by atoms with Crippen LogP contribution in [0.25, 0.3) is 0 Å². The standard InChI is InChI=1S/C16H25N3O3/c1-15(2,3)12-11(22)13(16(4,5)6)19-14(18-12)9(20)8-10(21)17-7/h22H,8H2,1-7H3,(H,17,21). The average Bonchev–Trinajstić information content (AvgIpc) is 2.35. The van der Waals surface area contributed by atoms with Crippen LogP contribution >= 0.6 is 0 Å². The van der Waals surface area contributed by atoms with Crippen molar-refractivity contribution in [1.82, 2.24) is 15.3 Å². The van der Waals surface area contributed by atoms with Crippen LogP contribution < -0.4 is 5.32 Å². The van der Waals surface area contributed by atoms with Crippen LogP contribution in [-0.2, 0) is 15.6 Å². The van der Waals surface area contributed by atoms with Gasteiger partial charge in [-0.05, 0) is 0 Å². The van der Waals surface area contributed by atoms with Gasteiger partial charge in [-0.1, -0.05) is 41.5 Å². The first-order chi connectivity index (χ1) is 9.87. The minimum atomic E-state index is -0.463. The van der Waals surface area contributed by atoms with Crippen LogP contribution in [0.2, 0.25) is 0 Å². The van der Waals surface area contributed by atoms with Crippen molar-refractivity contribution in [2.24, 2.45) is 0 Å². The highest BCUT2D eigenvalue weighted by Gasteiger charge is 2.30. The summed E-state index contributed by atoms with van der Waals surface area (Å²) in [5.41, 5.74) is -0.0789. The smallest absolute Gasteiger partial charge is 0.227 e. The second-order valence-electron chi connectivity index (χ2n) is 7.37. The highest BCUT2D eigenvalue weighted by Crippen LogP contribution is 2.36. The van der Waals surface area contributed by atoms with Gasteiger partial charge in [0.25, 0.3) is 0 Å². The molecule has 1 aromatic rings. The van der Waals surface area contributed by atoms with E-state index in [1.807, 2.05) is 41.5 Å². The van der Waals surface area contributed by atoms with Gasteiger partial charge in [0.05, 0.1) is 17.8 Å². The first-order valence-electron chi connectivity index (χ1n) is 7.23. The number of nitrogens with one attached hydrogen (secondary N) is 1. The minimum absolute atomic E-state index is 0.0106. The van der Waals surface area contributed by atoms with Crippen LogP contribution in [0.1, 0.15) is 70.0 Å². The van der Waals surface area contributed by atoms with E-state index < -0.39 is 22.5 Å². The van der Waals surface area contributed by atoms with E-state index in [-0.39, 0.29) is 18.0 Å². The third-order valence-corrected chi connectivity index (χ3v) is 3.15. The number of carbonyl (C=O) groups excluding carboxylic acids is 2. The molecule has 0 aromatic carbocycles. The second kappa shape index (κ2) is 6.02. The molecule has 0 fully saturated rings. The SMILES string of the molecule is CNC(=O)CC(=O)c1nc(C(C)(C)C)c(O)c(C(C)(C)C)n1. The summed E-state index contributed by atoms with van der Waals surface area (Å²) < 4.78 is 0. The molecular formula is C16H25N3O3. The summed E-state index contributed by atoms with van der Waals surface area (Å²) in [5, 5.41) is 12.9. The van der Waals surface area contributed by atoms with E-state index in [0.29, 0.717) is 11.4 Å². The van der Waals surface area contributed by atoms with Crippen LogP contribution in [0.5, 0.6) is 5.75 Å². The van der Waals surface area contributed by atoms with E-state index in [1.165, 1.54) is 7.05 Å². The predicted molar refractivity (Wildman–Crippen MR) is 84.1 cm³/mol. The molecule has 0 aliphatic carbocycles. The third kappa shape index (κ3) is 4.02. The molecule has 0 radical (unpaired) electrons. The maximum Gasteiger partial charge on any atom is 0.227 e. The fourth-order valence-corrected chi connectivity index (χ4v) is 1.94. The number of aromatic hydroxyl groups is 1. The summed E-state index contributed by atoms with van der Waals surface area (Å²) in [4.78, 5) is 32.0. The second-order valence-corrected chi connectivity index (χ2v) is 7.37. The Balaban J connectivity index is 3.48. The van der Waals surface area contributed by atoms with Crippen LogP contribution in [0.15, 0.2) is 0 Å². The fraction of sp³-hybridized carbons (Fsp3) is 0.625. The molecule has 0 aliphatic heterocycles. The molecule has 6 heteroatoms. The number of nitrogens with zero attached hydrogens (tertiary/aromatic N) is 2. The van der Waals surface area contributed by atoms with Gasteiger partial charge in [0.2, 0.25) is 11.7 Å². The third-order valence-electron chi connectivity index (χ3n) is 3.15. The van der Waals surface area contributed by atoms with Crippen molar-refractivity contribution in [3.63, 3.8) is 0 Å². The maximum atomic E-state index is 12.2. The number of hydrogen-bond acceptors (Lipinski definition) is 5. The summed E-state index contributed by atoms with van der Waals surface area (Å²) in [6.07, 6.45) is -0.311. The van der Waals surface area contributed by atoms with E-state index in [9.17, 15) is 14.7 Å². The number of Topliss-reactive ketones (excluding diaryl/α,β-unsaturated/α-hetero) is 1. The van der Waals surface area contributed by atoms with Crippen LogP contribution in [0.4, 0.5) is 0 Å². The molecule has 0 unspecified atom stereocenters. The topological polar surface area (TPSA) is 92.2 Å². The molecule has 22 heavy (non-hydrogen) atoms. The Morgan fingerprint density at radius 1 is 1.00 bits per heavy atom. The normalized spacial score (nSPS) is 12.1. The largest absolute Gasteiger partial charge is 0.504 e. The Morgan fingerprint density at radius 3 is 1.73 bits per heavy atom. The first kappa shape index (κ1) is 18.1. The molecule has 0 aliphatic rings. The molecule has 1 amide bonds. The van der Waals surface area contributed by atoms with Crippen molar-refractivity contribution in [1.29, 1.82) is 0 Å². The highest BCUT2D eigenvalue weighted by molar-refractivity contribution is 6.05. The van der Waals surface area contributed by atoms with Gasteiger partial charge in [-0.15, -0.1) is 0 Å². The monoisotopic (exact) mass is 307 g/mol. The van der Waals surface area contributed by atoms with Crippen molar-refractivity contribution < 1.29 is 14.7 Å². The summed E-state index contributed by atoms with van der Waals surface area (Å²) in [6, 6.07) is 0. The van der Waals surface area contributed by atoms with E-state index in [4.69, 9.17) is 0 Å². The van der Waals surface area contributed by atoms with Gasteiger partial charge < -0.3 is 10.4 Å². The van der Waals surface area contributed by atoms with Gasteiger partial charge in [-0.3, -0.25) is 9.59 Å². The number of rotatable bonds is 3. The Bertz CT molecular complexity index is 561. The van der Waals surface area contributed by atoms with E-state index in [2.05, 4.69) is 15.3 Å². The lowest BCUT2D eigenvalue weighted by molar-refractivity contribution is -0.119. The Morgan fingerprint density at radius 2 is 1.41 bits per heavy atom. The van der Waals surface area contributed by atoms with Gasteiger partial charge in [0, 0.05) is 17.9 Å². The molecule has 0 saturated heterocycles. The molecule has 1 aromatic heterocycles. The predicted octanol–water partition coefficient (Wildman–Crippen LogP) is 2.10. The van der Waals surface area contributed by atoms with E-state index in [0.717, 1.165) is 0 Å². The van der Waals surface area contributed by atoms with Gasteiger partial charge in [-0.25, -0.2) is 9.97 Å². The minimum Gasteiger partial charge on any atom is -0.504 e. The Kier molecular flexibility index (Phi) is 4.95. The Labute approximate surface area is 131 Å². The molecule has 0 atom stereocenters. The fourth-order valence-electron chi connectivity index (χ4n) is 1.94. The van der Waals surface area contributed by atoms with Crippen molar-refractivity contribution >= 4 is 11.7 Å². The highest BCUT2D eigenvalue weighted by atomic mass is 16.3.